The number of ether oxygens (including phenoxy) is 2. The molecule has 150 valence electrons. The number of hydrogen-bond acceptors (Lipinski definition) is 5. The summed E-state index contributed by atoms with van der Waals surface area (Å²) in [6, 6.07) is 9.17. The minimum Gasteiger partial charge on any atom is -0.485 e. The Morgan fingerprint density at radius 1 is 1.18 bits per heavy atom. The topological polar surface area (TPSA) is 98.0 Å². The average Bonchev–Trinajstić information content (AvgIpc) is 3.10. The van der Waals surface area contributed by atoms with E-state index in [1.165, 1.54) is 0 Å². The molecule has 7 nitrogen and oxygen atoms in total. The molecule has 2 aromatic rings. The third-order valence-electron chi connectivity index (χ3n) is 4.90. The van der Waals surface area contributed by atoms with E-state index < -0.39 is 17.4 Å². The Morgan fingerprint density at radius 2 is 1.93 bits per heavy atom. The molecule has 2 N–H and O–H groups in total. The zero-order valence-electron chi connectivity index (χ0n) is 16.1. The van der Waals surface area contributed by atoms with Crippen LogP contribution in [0.15, 0.2) is 34.7 Å². The molecule has 0 saturated carbocycles. The summed E-state index contributed by atoms with van der Waals surface area (Å²) >= 11 is 0. The largest absolute Gasteiger partial charge is 0.485 e. The van der Waals surface area contributed by atoms with Gasteiger partial charge in [0.25, 0.3) is 5.91 Å². The number of furan rings is 1. The van der Waals surface area contributed by atoms with Gasteiger partial charge >= 0.3 is 5.97 Å². The summed E-state index contributed by atoms with van der Waals surface area (Å²) in [7, 11) is 0. The minimum atomic E-state index is -0.954. The van der Waals surface area contributed by atoms with Crippen molar-refractivity contribution in [3.05, 3.63) is 53.0 Å². The zero-order chi connectivity index (χ0) is 20.1. The van der Waals surface area contributed by atoms with E-state index in [0.29, 0.717) is 31.8 Å². The number of aryl methyl sites for hydroxylation is 2. The number of carboxylic acids is 1. The number of amides is 1. The first-order valence-electron chi connectivity index (χ1n) is 9.28. The van der Waals surface area contributed by atoms with Crippen LogP contribution >= 0.6 is 0 Å². The monoisotopic (exact) mass is 387 g/mol. The maximum Gasteiger partial charge on any atom is 0.305 e. The zero-order valence-corrected chi connectivity index (χ0v) is 16.1. The fourth-order valence-electron chi connectivity index (χ4n) is 3.39. The Labute approximate surface area is 163 Å². The van der Waals surface area contributed by atoms with Crippen LogP contribution in [0.2, 0.25) is 0 Å². The number of carbonyl (C=O) groups excluding carboxylic acids is 1. The molecule has 0 spiro atoms. The summed E-state index contributed by atoms with van der Waals surface area (Å²) in [5, 5.41) is 12.1. The van der Waals surface area contributed by atoms with Crippen molar-refractivity contribution in [3.8, 4) is 5.75 Å². The third-order valence-corrected chi connectivity index (χ3v) is 4.90. The number of aliphatic carboxylic acids is 1. The second-order valence-electron chi connectivity index (χ2n) is 7.24. The van der Waals surface area contributed by atoms with Crippen molar-refractivity contribution < 1.29 is 28.6 Å². The lowest BCUT2D eigenvalue weighted by Gasteiger charge is -2.36. The van der Waals surface area contributed by atoms with Crippen LogP contribution in [0.4, 0.5) is 0 Å². The molecule has 0 unspecified atom stereocenters. The summed E-state index contributed by atoms with van der Waals surface area (Å²) in [5.41, 5.74) is 1.37. The van der Waals surface area contributed by atoms with Crippen LogP contribution in [-0.4, -0.2) is 35.7 Å². The Balaban J connectivity index is 1.63. The maximum absolute atomic E-state index is 12.6. The highest BCUT2D eigenvalue weighted by atomic mass is 16.5. The van der Waals surface area contributed by atoms with Crippen molar-refractivity contribution in [2.45, 2.75) is 45.3 Å². The second kappa shape index (κ2) is 8.48. The molecule has 0 radical (unpaired) electrons. The van der Waals surface area contributed by atoms with Gasteiger partial charge in [-0.1, -0.05) is 17.7 Å². The molecule has 0 atom stereocenters. The number of benzene rings is 1. The number of rotatable bonds is 7. The minimum absolute atomic E-state index is 0.135. The van der Waals surface area contributed by atoms with E-state index in [0.717, 1.165) is 16.9 Å². The second-order valence-corrected chi connectivity index (χ2v) is 7.24. The quantitative estimate of drug-likeness (QED) is 0.757. The number of nitrogens with one attached hydrogen (secondary N) is 1. The van der Waals surface area contributed by atoms with Crippen LogP contribution in [0.25, 0.3) is 0 Å². The van der Waals surface area contributed by atoms with Crippen molar-refractivity contribution in [2.75, 3.05) is 13.2 Å². The molecular formula is C21H25NO6. The van der Waals surface area contributed by atoms with Gasteiger partial charge in [-0.3, -0.25) is 9.59 Å². The highest BCUT2D eigenvalue weighted by Crippen LogP contribution is 2.26. The molecule has 1 aliphatic heterocycles. The van der Waals surface area contributed by atoms with Gasteiger partial charge in [-0.05, 0) is 50.5 Å². The van der Waals surface area contributed by atoms with Crippen LogP contribution in [-0.2, 0) is 16.1 Å². The van der Waals surface area contributed by atoms with Gasteiger partial charge in [0.05, 0.1) is 12.0 Å². The van der Waals surface area contributed by atoms with Gasteiger partial charge in [0.1, 0.15) is 18.1 Å². The Morgan fingerprint density at radius 3 is 2.61 bits per heavy atom. The molecule has 1 aliphatic rings. The summed E-state index contributed by atoms with van der Waals surface area (Å²) in [6.45, 7) is 5.02. The van der Waals surface area contributed by atoms with Crippen LogP contribution in [0.3, 0.4) is 0 Å². The lowest BCUT2D eigenvalue weighted by Crippen LogP contribution is -2.53. The molecule has 7 heteroatoms. The van der Waals surface area contributed by atoms with E-state index in [4.69, 9.17) is 13.9 Å². The molecule has 2 heterocycles. The number of carbonyl (C=O) groups is 2. The van der Waals surface area contributed by atoms with Gasteiger partial charge in [0.2, 0.25) is 0 Å². The first kappa shape index (κ1) is 19.9. The predicted molar refractivity (Wildman–Crippen MR) is 101 cm³/mol. The van der Waals surface area contributed by atoms with E-state index in [-0.39, 0.29) is 18.8 Å². The third kappa shape index (κ3) is 4.92. The lowest BCUT2D eigenvalue weighted by molar-refractivity contribution is -0.139. The van der Waals surface area contributed by atoms with Crippen molar-refractivity contribution >= 4 is 11.9 Å². The summed E-state index contributed by atoms with van der Waals surface area (Å²) in [4.78, 5) is 23.8. The van der Waals surface area contributed by atoms with Crippen molar-refractivity contribution in [2.24, 2.45) is 0 Å². The molecule has 1 aromatic heterocycles. The normalized spacial score (nSPS) is 15.8. The molecule has 3 rings (SSSR count). The van der Waals surface area contributed by atoms with Gasteiger partial charge in [-0.25, -0.2) is 0 Å². The summed E-state index contributed by atoms with van der Waals surface area (Å²) in [5.74, 6) is 0.0283. The Hall–Kier alpha value is -2.80. The maximum atomic E-state index is 12.6. The number of hydrogen-bond donors (Lipinski definition) is 2. The first-order chi connectivity index (χ1) is 13.4. The standard InChI is InChI=1S/C21H25NO6/c1-14-3-5-17(15(2)11-14)27-13-16-4-6-18(28-16)20(25)22-21(12-19(23)24)7-9-26-10-8-21/h3-6,11H,7-10,12-13H2,1-2H3,(H,22,25)(H,23,24). The molecule has 1 aromatic carbocycles. The van der Waals surface area contributed by atoms with E-state index >= 15 is 0 Å². The van der Waals surface area contributed by atoms with Gasteiger partial charge in [-0.2, -0.15) is 0 Å². The smallest absolute Gasteiger partial charge is 0.305 e. The van der Waals surface area contributed by atoms with E-state index in [1.54, 1.807) is 12.1 Å². The number of carboxylic acid groups (broad SMARTS) is 1. The molecule has 0 aliphatic carbocycles. The average molecular weight is 387 g/mol. The van der Waals surface area contributed by atoms with Crippen LogP contribution in [0.1, 0.15) is 46.7 Å². The van der Waals surface area contributed by atoms with E-state index in [9.17, 15) is 14.7 Å². The van der Waals surface area contributed by atoms with Crippen molar-refractivity contribution in [1.29, 1.82) is 0 Å². The lowest BCUT2D eigenvalue weighted by atomic mass is 9.86. The molecule has 1 saturated heterocycles. The van der Waals surface area contributed by atoms with Gasteiger partial charge < -0.3 is 24.3 Å². The molecule has 28 heavy (non-hydrogen) atoms. The summed E-state index contributed by atoms with van der Waals surface area (Å²) in [6.07, 6.45) is 0.758. The highest BCUT2D eigenvalue weighted by molar-refractivity contribution is 5.92. The van der Waals surface area contributed by atoms with E-state index in [2.05, 4.69) is 5.32 Å². The van der Waals surface area contributed by atoms with Gasteiger partial charge in [0, 0.05) is 13.2 Å². The first-order valence-corrected chi connectivity index (χ1v) is 9.28. The fraction of sp³-hybridized carbons (Fsp3) is 0.429. The summed E-state index contributed by atoms with van der Waals surface area (Å²) < 4.78 is 16.7. The predicted octanol–water partition coefficient (Wildman–Crippen LogP) is 3.23. The fourth-order valence-corrected chi connectivity index (χ4v) is 3.39. The van der Waals surface area contributed by atoms with E-state index in [1.807, 2.05) is 32.0 Å². The van der Waals surface area contributed by atoms with Crippen molar-refractivity contribution in [1.82, 2.24) is 5.32 Å². The van der Waals surface area contributed by atoms with Crippen LogP contribution in [0, 0.1) is 13.8 Å². The van der Waals surface area contributed by atoms with Gasteiger partial charge in [-0.15, -0.1) is 0 Å². The molecule has 0 bridgehead atoms. The Bertz CT molecular complexity index is 850. The Kier molecular flexibility index (Phi) is 6.04. The molecule has 1 fully saturated rings. The molecular weight excluding hydrogens is 362 g/mol. The van der Waals surface area contributed by atoms with Crippen LogP contribution < -0.4 is 10.1 Å². The van der Waals surface area contributed by atoms with Gasteiger partial charge in [0.15, 0.2) is 5.76 Å². The van der Waals surface area contributed by atoms with Crippen LogP contribution in [0.5, 0.6) is 5.75 Å². The highest BCUT2D eigenvalue weighted by Gasteiger charge is 2.37. The van der Waals surface area contributed by atoms with Crippen molar-refractivity contribution in [3.63, 3.8) is 0 Å². The molecule has 1 amide bonds. The SMILES string of the molecule is Cc1ccc(OCc2ccc(C(=O)NC3(CC(=O)O)CCOCC3)o2)c(C)c1.